The fourth-order valence-corrected chi connectivity index (χ4v) is 2.66. The van der Waals surface area contributed by atoms with Gasteiger partial charge in [-0.1, -0.05) is 38.1 Å². The predicted octanol–water partition coefficient (Wildman–Crippen LogP) is 3.95. The summed E-state index contributed by atoms with van der Waals surface area (Å²) < 4.78 is 36.8. The first kappa shape index (κ1) is 13.4. The first-order valence-corrected chi connectivity index (χ1v) is 6.19. The lowest BCUT2D eigenvalue weighted by Crippen LogP contribution is -2.37. The molecule has 100 valence electrons. The maximum Gasteiger partial charge on any atom is 0.401 e. The van der Waals surface area contributed by atoms with Gasteiger partial charge in [0.15, 0.2) is 0 Å². The molecule has 1 aliphatic rings. The first-order valence-electron chi connectivity index (χ1n) is 6.19. The quantitative estimate of drug-likeness (QED) is 0.845. The van der Waals surface area contributed by atoms with E-state index >= 15 is 0 Å². The van der Waals surface area contributed by atoms with Crippen LogP contribution in [-0.4, -0.2) is 12.7 Å². The molecule has 0 radical (unpaired) electrons. The zero-order valence-electron chi connectivity index (χ0n) is 10.6. The molecule has 4 heteroatoms. The molecule has 0 spiro atoms. The number of hydrogen-bond acceptors (Lipinski definition) is 1. The number of rotatable bonds is 2. The molecule has 2 rings (SSSR count). The lowest BCUT2D eigenvalue weighted by molar-refractivity contribution is -0.126. The summed E-state index contributed by atoms with van der Waals surface area (Å²) in [6, 6.07) is 7.62. The number of alkyl halides is 3. The number of benzene rings is 1. The summed E-state index contributed by atoms with van der Waals surface area (Å²) in [5.41, 5.74) is 2.22. The second kappa shape index (κ2) is 4.57. The Labute approximate surface area is 105 Å². The van der Waals surface area contributed by atoms with E-state index in [1.807, 2.05) is 24.3 Å². The molecule has 1 aliphatic carbocycles. The average Bonchev–Trinajstić information content (AvgIpc) is 2.27. The summed E-state index contributed by atoms with van der Waals surface area (Å²) >= 11 is 0. The molecule has 0 amide bonds. The van der Waals surface area contributed by atoms with Crippen LogP contribution in [0.5, 0.6) is 0 Å². The van der Waals surface area contributed by atoms with Gasteiger partial charge in [-0.3, -0.25) is 0 Å². The van der Waals surface area contributed by atoms with Crippen molar-refractivity contribution in [2.45, 2.75) is 44.3 Å². The molecule has 18 heavy (non-hydrogen) atoms. The minimum atomic E-state index is -4.15. The highest BCUT2D eigenvalue weighted by Crippen LogP contribution is 2.41. The maximum atomic E-state index is 12.3. The van der Waals surface area contributed by atoms with Crippen LogP contribution < -0.4 is 5.32 Å². The summed E-state index contributed by atoms with van der Waals surface area (Å²) in [5.74, 6) is 0. The molecule has 1 nitrogen and oxygen atoms in total. The van der Waals surface area contributed by atoms with Crippen LogP contribution in [0, 0.1) is 0 Å². The standard InChI is InChI=1S/C14H18F3N/c1-13(2)8-7-12(18-9-14(15,16)17)10-5-3-4-6-11(10)13/h3-6,12,18H,7-9H2,1-2H3. The molecule has 0 fully saturated rings. The van der Waals surface area contributed by atoms with Crippen LogP contribution in [0.2, 0.25) is 0 Å². The highest BCUT2D eigenvalue weighted by atomic mass is 19.4. The molecule has 0 bridgehead atoms. The van der Waals surface area contributed by atoms with Crippen LogP contribution in [0.1, 0.15) is 43.9 Å². The Morgan fingerprint density at radius 3 is 2.61 bits per heavy atom. The summed E-state index contributed by atoms with van der Waals surface area (Å²) in [6.07, 6.45) is -2.50. The van der Waals surface area contributed by atoms with Crippen LogP contribution in [0.25, 0.3) is 0 Å². The van der Waals surface area contributed by atoms with E-state index in [1.54, 1.807) is 0 Å². The van der Waals surface area contributed by atoms with Gasteiger partial charge in [0.2, 0.25) is 0 Å². The van der Waals surface area contributed by atoms with Crippen molar-refractivity contribution in [1.82, 2.24) is 5.32 Å². The Kier molecular flexibility index (Phi) is 3.41. The molecule has 1 aromatic rings. The van der Waals surface area contributed by atoms with Crippen molar-refractivity contribution >= 4 is 0 Å². The van der Waals surface area contributed by atoms with E-state index < -0.39 is 12.7 Å². The van der Waals surface area contributed by atoms with Crippen LogP contribution in [0.15, 0.2) is 24.3 Å². The van der Waals surface area contributed by atoms with Gasteiger partial charge in [-0.05, 0) is 29.4 Å². The minimum Gasteiger partial charge on any atom is -0.302 e. The Morgan fingerprint density at radius 1 is 1.28 bits per heavy atom. The van der Waals surface area contributed by atoms with Crippen LogP contribution in [-0.2, 0) is 5.41 Å². The third kappa shape index (κ3) is 2.86. The van der Waals surface area contributed by atoms with Crippen LogP contribution in [0.4, 0.5) is 13.2 Å². The number of hydrogen-bond donors (Lipinski definition) is 1. The Hall–Kier alpha value is -1.03. The molecule has 0 aromatic heterocycles. The van der Waals surface area contributed by atoms with Crippen molar-refractivity contribution in [3.63, 3.8) is 0 Å². The Bertz CT molecular complexity index is 423. The van der Waals surface area contributed by atoms with Gasteiger partial charge in [-0.15, -0.1) is 0 Å². The van der Waals surface area contributed by atoms with E-state index in [2.05, 4.69) is 19.2 Å². The summed E-state index contributed by atoms with van der Waals surface area (Å²) in [7, 11) is 0. The molecule has 1 aromatic carbocycles. The predicted molar refractivity (Wildman–Crippen MR) is 65.5 cm³/mol. The topological polar surface area (TPSA) is 12.0 Å². The maximum absolute atomic E-state index is 12.3. The second-order valence-electron chi connectivity index (χ2n) is 5.56. The number of halogens is 3. The van der Waals surface area contributed by atoms with Gasteiger partial charge >= 0.3 is 6.18 Å². The van der Waals surface area contributed by atoms with E-state index in [0.717, 1.165) is 24.0 Å². The van der Waals surface area contributed by atoms with Crippen molar-refractivity contribution in [2.24, 2.45) is 0 Å². The normalized spacial score (nSPS) is 22.6. The van der Waals surface area contributed by atoms with E-state index in [4.69, 9.17) is 0 Å². The molecular weight excluding hydrogens is 239 g/mol. The number of nitrogens with one attached hydrogen (secondary N) is 1. The number of fused-ring (bicyclic) bond motifs is 1. The fraction of sp³-hybridized carbons (Fsp3) is 0.571. The van der Waals surface area contributed by atoms with Gasteiger partial charge in [-0.2, -0.15) is 13.2 Å². The van der Waals surface area contributed by atoms with Crippen molar-refractivity contribution < 1.29 is 13.2 Å². The lowest BCUT2D eigenvalue weighted by atomic mass is 9.71. The highest BCUT2D eigenvalue weighted by molar-refractivity contribution is 5.38. The highest BCUT2D eigenvalue weighted by Gasteiger charge is 2.34. The summed E-state index contributed by atoms with van der Waals surface area (Å²) in [5, 5.41) is 2.63. The second-order valence-corrected chi connectivity index (χ2v) is 5.56. The molecule has 0 saturated carbocycles. The average molecular weight is 257 g/mol. The van der Waals surface area contributed by atoms with Gasteiger partial charge in [0, 0.05) is 6.04 Å². The van der Waals surface area contributed by atoms with Crippen molar-refractivity contribution in [3.05, 3.63) is 35.4 Å². The molecule has 0 saturated heterocycles. The third-order valence-corrected chi connectivity index (χ3v) is 3.67. The third-order valence-electron chi connectivity index (χ3n) is 3.67. The molecule has 1 unspecified atom stereocenters. The van der Waals surface area contributed by atoms with Crippen molar-refractivity contribution in [3.8, 4) is 0 Å². The molecule has 1 N–H and O–H groups in total. The van der Waals surface area contributed by atoms with E-state index in [9.17, 15) is 13.2 Å². The Balaban J connectivity index is 2.21. The Morgan fingerprint density at radius 2 is 1.94 bits per heavy atom. The molecular formula is C14H18F3N. The van der Waals surface area contributed by atoms with Crippen LogP contribution >= 0.6 is 0 Å². The fourth-order valence-electron chi connectivity index (χ4n) is 2.66. The van der Waals surface area contributed by atoms with Gasteiger partial charge in [0.05, 0.1) is 6.54 Å². The largest absolute Gasteiger partial charge is 0.401 e. The van der Waals surface area contributed by atoms with Gasteiger partial charge in [-0.25, -0.2) is 0 Å². The monoisotopic (exact) mass is 257 g/mol. The van der Waals surface area contributed by atoms with Crippen molar-refractivity contribution in [1.29, 1.82) is 0 Å². The summed E-state index contributed by atoms with van der Waals surface area (Å²) in [4.78, 5) is 0. The van der Waals surface area contributed by atoms with Gasteiger partial charge in [0.25, 0.3) is 0 Å². The smallest absolute Gasteiger partial charge is 0.302 e. The zero-order valence-corrected chi connectivity index (χ0v) is 10.6. The molecule has 0 aliphatic heterocycles. The van der Waals surface area contributed by atoms with Crippen molar-refractivity contribution in [2.75, 3.05) is 6.54 Å². The van der Waals surface area contributed by atoms with Gasteiger partial charge < -0.3 is 5.32 Å². The van der Waals surface area contributed by atoms with E-state index in [1.165, 1.54) is 0 Å². The first-order chi connectivity index (χ1) is 8.30. The van der Waals surface area contributed by atoms with Crippen LogP contribution in [0.3, 0.4) is 0 Å². The zero-order chi connectivity index (χ0) is 13.4. The molecule has 0 heterocycles. The van der Waals surface area contributed by atoms with Gasteiger partial charge in [0.1, 0.15) is 0 Å². The van der Waals surface area contributed by atoms with E-state index in [0.29, 0.717) is 0 Å². The lowest BCUT2D eigenvalue weighted by Gasteiger charge is -2.37. The minimum absolute atomic E-state index is 0.0486. The molecule has 1 atom stereocenters. The SMILES string of the molecule is CC1(C)CCC(NCC(F)(F)F)c2ccccc21. The summed E-state index contributed by atoms with van der Waals surface area (Å²) in [6.45, 7) is 3.37. The van der Waals surface area contributed by atoms with E-state index in [-0.39, 0.29) is 11.5 Å².